The normalized spacial score (nSPS) is 10.9. The number of nitrogens with zero attached hydrogens (tertiary/aromatic N) is 5. The smallest absolute Gasteiger partial charge is 0.274 e. The van der Waals surface area contributed by atoms with Gasteiger partial charge in [0.05, 0.1) is 28.5 Å². The molecule has 3 aromatic rings. The Hall–Kier alpha value is -2.58. The van der Waals surface area contributed by atoms with Crippen molar-refractivity contribution in [2.45, 2.75) is 26.7 Å². The van der Waals surface area contributed by atoms with Gasteiger partial charge in [0.15, 0.2) is 12.4 Å². The zero-order chi connectivity index (χ0) is 20.3. The van der Waals surface area contributed by atoms with Crippen LogP contribution in [0.4, 0.5) is 4.39 Å². The highest BCUT2D eigenvalue weighted by molar-refractivity contribution is 6.31. The number of hydrogen-bond donors (Lipinski definition) is 0. The fraction of sp³-hybridized carbons (Fsp3) is 0.278. The maximum atomic E-state index is 13.2. The van der Waals surface area contributed by atoms with Crippen LogP contribution < -0.4 is 4.74 Å². The Morgan fingerprint density at radius 2 is 2.07 bits per heavy atom. The van der Waals surface area contributed by atoms with Crippen molar-refractivity contribution in [3.8, 4) is 5.75 Å². The predicted octanol–water partition coefficient (Wildman–Crippen LogP) is 3.85. The number of carbonyl (C=O) groups is 1. The first-order valence-corrected chi connectivity index (χ1v) is 9.21. The molecular formula is C18H18Cl2FN5O2. The molecule has 0 spiro atoms. The minimum atomic E-state index is -0.520. The monoisotopic (exact) mass is 425 g/mol. The number of hydrogen-bond acceptors (Lipinski definition) is 4. The summed E-state index contributed by atoms with van der Waals surface area (Å²) < 4.78 is 21.9. The third-order valence-electron chi connectivity index (χ3n) is 4.05. The topological polar surface area (TPSA) is 65.2 Å². The highest BCUT2D eigenvalue weighted by Gasteiger charge is 2.18. The zero-order valence-corrected chi connectivity index (χ0v) is 16.8. The fourth-order valence-corrected chi connectivity index (χ4v) is 2.94. The Morgan fingerprint density at radius 3 is 2.79 bits per heavy atom. The SMILES string of the molecule is CCn1ncc(Cl)c1CN(C)C(=O)c1ccn(COc2ccc(F)c(Cl)c2)n1. The summed E-state index contributed by atoms with van der Waals surface area (Å²) in [6.45, 7) is 2.96. The first-order valence-electron chi connectivity index (χ1n) is 8.46. The Labute approximate surface area is 171 Å². The lowest BCUT2D eigenvalue weighted by molar-refractivity contribution is 0.0773. The van der Waals surface area contributed by atoms with Crippen LogP contribution in [0.3, 0.4) is 0 Å². The van der Waals surface area contributed by atoms with Crippen molar-refractivity contribution >= 4 is 29.1 Å². The average Bonchev–Trinajstić information content (AvgIpc) is 3.29. The molecule has 0 aliphatic heterocycles. The first-order chi connectivity index (χ1) is 13.4. The second-order valence-electron chi connectivity index (χ2n) is 6.01. The van der Waals surface area contributed by atoms with E-state index in [1.807, 2.05) is 6.92 Å². The number of benzene rings is 1. The van der Waals surface area contributed by atoms with Crippen LogP contribution in [0.15, 0.2) is 36.7 Å². The molecule has 148 valence electrons. The molecule has 0 saturated carbocycles. The first kappa shape index (κ1) is 20.2. The number of carbonyl (C=O) groups excluding carboxylic acids is 1. The van der Waals surface area contributed by atoms with Crippen molar-refractivity contribution in [1.82, 2.24) is 24.5 Å². The highest BCUT2D eigenvalue weighted by atomic mass is 35.5. The molecule has 0 N–H and O–H groups in total. The number of aryl methyl sites for hydroxylation is 1. The summed E-state index contributed by atoms with van der Waals surface area (Å²) in [5.74, 6) is -0.383. The van der Waals surface area contributed by atoms with Crippen LogP contribution in [-0.4, -0.2) is 37.4 Å². The van der Waals surface area contributed by atoms with Crippen molar-refractivity contribution in [3.63, 3.8) is 0 Å². The van der Waals surface area contributed by atoms with E-state index in [2.05, 4.69) is 10.2 Å². The van der Waals surface area contributed by atoms with E-state index in [0.717, 1.165) is 5.69 Å². The Bertz CT molecular complexity index is 988. The highest BCUT2D eigenvalue weighted by Crippen LogP contribution is 2.21. The lowest BCUT2D eigenvalue weighted by Crippen LogP contribution is -2.28. The lowest BCUT2D eigenvalue weighted by Gasteiger charge is -2.17. The van der Waals surface area contributed by atoms with E-state index in [9.17, 15) is 9.18 Å². The summed E-state index contributed by atoms with van der Waals surface area (Å²) in [6.07, 6.45) is 3.18. The fourth-order valence-electron chi connectivity index (χ4n) is 2.56. The van der Waals surface area contributed by atoms with Crippen LogP contribution in [0.1, 0.15) is 23.1 Å². The van der Waals surface area contributed by atoms with Gasteiger partial charge >= 0.3 is 0 Å². The number of amides is 1. The summed E-state index contributed by atoms with van der Waals surface area (Å²) in [6, 6.07) is 5.65. The molecule has 0 aliphatic rings. The van der Waals surface area contributed by atoms with Crippen LogP contribution in [-0.2, 0) is 19.8 Å². The van der Waals surface area contributed by atoms with Gasteiger partial charge in [-0.3, -0.25) is 9.48 Å². The second kappa shape index (κ2) is 8.62. The summed E-state index contributed by atoms with van der Waals surface area (Å²) in [7, 11) is 1.67. The minimum absolute atomic E-state index is 0.0274. The molecule has 2 aromatic heterocycles. The number of ether oxygens (including phenoxy) is 1. The molecule has 2 heterocycles. The van der Waals surface area contributed by atoms with Crippen LogP contribution in [0.25, 0.3) is 0 Å². The van der Waals surface area contributed by atoms with Gasteiger partial charge in [0, 0.05) is 25.9 Å². The third kappa shape index (κ3) is 4.45. The molecule has 10 heteroatoms. The summed E-state index contributed by atoms with van der Waals surface area (Å²) in [5, 5.41) is 8.87. The molecule has 3 rings (SSSR count). The summed E-state index contributed by atoms with van der Waals surface area (Å²) in [5.41, 5.74) is 1.03. The van der Waals surface area contributed by atoms with E-state index in [-0.39, 0.29) is 23.4 Å². The molecular weight excluding hydrogens is 408 g/mol. The Kier molecular flexibility index (Phi) is 6.21. The molecule has 0 atom stereocenters. The van der Waals surface area contributed by atoms with Gasteiger partial charge in [-0.2, -0.15) is 10.2 Å². The molecule has 0 saturated heterocycles. The average molecular weight is 426 g/mol. The maximum Gasteiger partial charge on any atom is 0.274 e. The summed E-state index contributed by atoms with van der Waals surface area (Å²) >= 11 is 11.9. The lowest BCUT2D eigenvalue weighted by atomic mass is 10.3. The standard InChI is InChI=1S/C18H18Cl2FN5O2/c1-3-26-17(14(20)9-22-26)10-24(2)18(27)16-6-7-25(23-16)11-28-12-4-5-15(21)13(19)8-12/h4-9H,3,10-11H2,1-2H3. The predicted molar refractivity (Wildman–Crippen MR) is 103 cm³/mol. The molecule has 0 radical (unpaired) electrons. The number of rotatable bonds is 7. The molecule has 28 heavy (non-hydrogen) atoms. The van der Waals surface area contributed by atoms with E-state index in [1.165, 1.54) is 27.8 Å². The van der Waals surface area contributed by atoms with Crippen LogP contribution in [0.5, 0.6) is 5.75 Å². The third-order valence-corrected chi connectivity index (χ3v) is 4.65. The van der Waals surface area contributed by atoms with Crippen LogP contribution in [0, 0.1) is 5.82 Å². The largest absolute Gasteiger partial charge is 0.471 e. The van der Waals surface area contributed by atoms with Crippen molar-refractivity contribution < 1.29 is 13.9 Å². The van der Waals surface area contributed by atoms with Gasteiger partial charge in [0.1, 0.15) is 11.6 Å². The Balaban J connectivity index is 1.63. The van der Waals surface area contributed by atoms with Crippen LogP contribution in [0.2, 0.25) is 10.0 Å². The van der Waals surface area contributed by atoms with Gasteiger partial charge in [-0.15, -0.1) is 0 Å². The van der Waals surface area contributed by atoms with Gasteiger partial charge in [-0.1, -0.05) is 23.2 Å². The second-order valence-corrected chi connectivity index (χ2v) is 6.82. The molecule has 1 aromatic carbocycles. The van der Waals surface area contributed by atoms with Gasteiger partial charge in [0.2, 0.25) is 0 Å². The van der Waals surface area contributed by atoms with Crippen LogP contribution >= 0.6 is 23.2 Å². The minimum Gasteiger partial charge on any atom is -0.471 e. The summed E-state index contributed by atoms with van der Waals surface area (Å²) in [4.78, 5) is 14.1. The molecule has 0 unspecified atom stereocenters. The molecule has 0 bridgehead atoms. The Morgan fingerprint density at radius 1 is 1.29 bits per heavy atom. The van der Waals surface area contributed by atoms with Gasteiger partial charge < -0.3 is 9.64 Å². The molecule has 1 amide bonds. The van der Waals surface area contributed by atoms with Crippen molar-refractivity contribution in [1.29, 1.82) is 0 Å². The van der Waals surface area contributed by atoms with Crippen molar-refractivity contribution in [3.05, 3.63) is 63.9 Å². The van der Waals surface area contributed by atoms with E-state index >= 15 is 0 Å². The molecule has 7 nitrogen and oxygen atoms in total. The van der Waals surface area contributed by atoms with Gasteiger partial charge in [-0.25, -0.2) is 9.07 Å². The van der Waals surface area contributed by atoms with Gasteiger partial charge in [0.25, 0.3) is 5.91 Å². The maximum absolute atomic E-state index is 13.2. The van der Waals surface area contributed by atoms with E-state index in [1.54, 1.807) is 30.2 Å². The van der Waals surface area contributed by atoms with Crippen molar-refractivity contribution in [2.75, 3.05) is 7.05 Å². The molecule has 0 aliphatic carbocycles. The number of halogens is 3. The van der Waals surface area contributed by atoms with Crippen molar-refractivity contribution in [2.24, 2.45) is 0 Å². The molecule has 0 fully saturated rings. The quantitative estimate of drug-likeness (QED) is 0.576. The van der Waals surface area contributed by atoms with Gasteiger partial charge in [-0.05, 0) is 25.1 Å². The van der Waals surface area contributed by atoms with E-state index in [4.69, 9.17) is 27.9 Å². The zero-order valence-electron chi connectivity index (χ0n) is 15.3. The van der Waals surface area contributed by atoms with E-state index < -0.39 is 5.82 Å². The van der Waals surface area contributed by atoms with E-state index in [0.29, 0.717) is 23.9 Å². The number of aromatic nitrogens is 4.